The van der Waals surface area contributed by atoms with Gasteiger partial charge >= 0.3 is 0 Å². The lowest BCUT2D eigenvalue weighted by Gasteiger charge is -2.41. The smallest absolute Gasteiger partial charge is 0.127 e. The van der Waals surface area contributed by atoms with Gasteiger partial charge in [0.25, 0.3) is 0 Å². The maximum Gasteiger partial charge on any atom is 0.127 e. The van der Waals surface area contributed by atoms with E-state index in [9.17, 15) is 9.50 Å². The highest BCUT2D eigenvalue weighted by molar-refractivity contribution is 9.10. The van der Waals surface area contributed by atoms with Gasteiger partial charge in [0.1, 0.15) is 5.82 Å². The molecule has 1 saturated heterocycles. The van der Waals surface area contributed by atoms with Crippen molar-refractivity contribution in [3.8, 4) is 0 Å². The molecular formula is C14H18BrFO2. The lowest BCUT2D eigenvalue weighted by atomic mass is 9.80. The van der Waals surface area contributed by atoms with Crippen molar-refractivity contribution < 1.29 is 14.2 Å². The second kappa shape index (κ2) is 4.91. The van der Waals surface area contributed by atoms with Gasteiger partial charge in [-0.2, -0.15) is 0 Å². The highest BCUT2D eigenvalue weighted by atomic mass is 79.9. The maximum absolute atomic E-state index is 13.8. The van der Waals surface area contributed by atoms with Crippen LogP contribution in [0.1, 0.15) is 32.3 Å². The van der Waals surface area contributed by atoms with Crippen LogP contribution in [0.15, 0.2) is 22.7 Å². The van der Waals surface area contributed by atoms with Gasteiger partial charge in [-0.25, -0.2) is 4.39 Å². The number of ether oxygens (including phenoxy) is 1. The first-order chi connectivity index (χ1) is 8.30. The summed E-state index contributed by atoms with van der Waals surface area (Å²) in [4.78, 5) is 0. The van der Waals surface area contributed by atoms with E-state index in [1.165, 1.54) is 6.07 Å². The first-order valence-corrected chi connectivity index (χ1v) is 6.89. The minimum absolute atomic E-state index is 0.276. The molecule has 0 saturated carbocycles. The van der Waals surface area contributed by atoms with E-state index in [0.717, 1.165) is 0 Å². The fourth-order valence-electron chi connectivity index (χ4n) is 2.62. The van der Waals surface area contributed by atoms with Gasteiger partial charge < -0.3 is 9.84 Å². The van der Waals surface area contributed by atoms with E-state index in [4.69, 9.17) is 4.74 Å². The number of rotatable bonds is 2. The molecule has 1 aliphatic heterocycles. The standard InChI is InChI=1S/C14H18BrFO2/c1-13(2)9-14(17,5-6-18-13)8-10-3-4-11(15)7-12(10)16/h3-4,7,17H,5-6,8-9H2,1-2H3. The fourth-order valence-corrected chi connectivity index (χ4v) is 2.95. The molecular weight excluding hydrogens is 299 g/mol. The Morgan fingerprint density at radius 1 is 1.44 bits per heavy atom. The van der Waals surface area contributed by atoms with Gasteiger partial charge in [0.15, 0.2) is 0 Å². The van der Waals surface area contributed by atoms with Gasteiger partial charge in [0, 0.05) is 17.3 Å². The Kier molecular flexibility index (Phi) is 3.81. The minimum Gasteiger partial charge on any atom is -0.389 e. The van der Waals surface area contributed by atoms with Gasteiger partial charge in [-0.1, -0.05) is 22.0 Å². The zero-order chi connectivity index (χ0) is 13.4. The topological polar surface area (TPSA) is 29.5 Å². The molecule has 0 amide bonds. The first kappa shape index (κ1) is 14.0. The lowest BCUT2D eigenvalue weighted by Crippen LogP contribution is -2.47. The van der Waals surface area contributed by atoms with Gasteiger partial charge in [0.2, 0.25) is 0 Å². The molecule has 0 radical (unpaired) electrons. The molecule has 0 aromatic heterocycles. The Labute approximate surface area is 115 Å². The zero-order valence-electron chi connectivity index (χ0n) is 10.7. The number of benzene rings is 1. The van der Waals surface area contributed by atoms with Crippen molar-refractivity contribution in [2.24, 2.45) is 0 Å². The van der Waals surface area contributed by atoms with Gasteiger partial charge in [-0.05, 0) is 38.0 Å². The van der Waals surface area contributed by atoms with Crippen molar-refractivity contribution in [2.45, 2.75) is 44.3 Å². The van der Waals surface area contributed by atoms with Crippen molar-refractivity contribution in [3.63, 3.8) is 0 Å². The summed E-state index contributed by atoms with van der Waals surface area (Å²) in [6.45, 7) is 4.42. The SMILES string of the molecule is CC1(C)CC(O)(Cc2ccc(Br)cc2F)CCO1. The summed E-state index contributed by atoms with van der Waals surface area (Å²) in [7, 11) is 0. The molecule has 2 rings (SSSR count). The molecule has 0 bridgehead atoms. The Bertz CT molecular complexity index is 447. The summed E-state index contributed by atoms with van der Waals surface area (Å²) in [5, 5.41) is 10.6. The van der Waals surface area contributed by atoms with E-state index in [1.807, 2.05) is 13.8 Å². The normalized spacial score (nSPS) is 27.2. The molecule has 1 aromatic carbocycles. The Morgan fingerprint density at radius 3 is 2.78 bits per heavy atom. The van der Waals surface area contributed by atoms with Crippen molar-refractivity contribution in [3.05, 3.63) is 34.1 Å². The highest BCUT2D eigenvalue weighted by Crippen LogP contribution is 2.35. The molecule has 2 nitrogen and oxygen atoms in total. The van der Waals surface area contributed by atoms with E-state index in [0.29, 0.717) is 35.9 Å². The van der Waals surface area contributed by atoms with Crippen LogP contribution < -0.4 is 0 Å². The molecule has 1 fully saturated rings. The third kappa shape index (κ3) is 3.31. The van der Waals surface area contributed by atoms with Gasteiger partial charge in [0.05, 0.1) is 17.8 Å². The summed E-state index contributed by atoms with van der Waals surface area (Å²) >= 11 is 3.23. The molecule has 18 heavy (non-hydrogen) atoms. The third-order valence-electron chi connectivity index (χ3n) is 3.35. The minimum atomic E-state index is -0.879. The van der Waals surface area contributed by atoms with Crippen LogP contribution in [0.5, 0.6) is 0 Å². The van der Waals surface area contributed by atoms with Crippen LogP contribution in [-0.4, -0.2) is 22.9 Å². The number of aliphatic hydroxyl groups is 1. The van der Waals surface area contributed by atoms with E-state index >= 15 is 0 Å². The van der Waals surface area contributed by atoms with Crippen LogP contribution in [0.25, 0.3) is 0 Å². The van der Waals surface area contributed by atoms with Gasteiger partial charge in [-0.3, -0.25) is 0 Å². The summed E-state index contributed by atoms with van der Waals surface area (Å²) < 4.78 is 20.1. The van der Waals surface area contributed by atoms with Crippen LogP contribution in [0, 0.1) is 5.82 Å². The molecule has 1 aliphatic rings. The van der Waals surface area contributed by atoms with Crippen LogP contribution in [0.3, 0.4) is 0 Å². The first-order valence-electron chi connectivity index (χ1n) is 6.10. The Balaban J connectivity index is 2.17. The van der Waals surface area contributed by atoms with Crippen LogP contribution in [-0.2, 0) is 11.2 Å². The van der Waals surface area contributed by atoms with E-state index in [-0.39, 0.29) is 11.4 Å². The van der Waals surface area contributed by atoms with Crippen LogP contribution in [0.2, 0.25) is 0 Å². The lowest BCUT2D eigenvalue weighted by molar-refractivity contribution is -0.143. The van der Waals surface area contributed by atoms with E-state index in [1.54, 1.807) is 12.1 Å². The summed E-state index contributed by atoms with van der Waals surface area (Å²) in [5.41, 5.74) is -0.673. The summed E-state index contributed by atoms with van der Waals surface area (Å²) in [6, 6.07) is 4.95. The molecule has 1 heterocycles. The molecule has 1 unspecified atom stereocenters. The second-order valence-corrected chi connectivity index (χ2v) is 6.59. The summed E-state index contributed by atoms with van der Waals surface area (Å²) in [6.07, 6.45) is 1.40. The van der Waals surface area contributed by atoms with Crippen molar-refractivity contribution >= 4 is 15.9 Å². The van der Waals surface area contributed by atoms with Crippen molar-refractivity contribution in [1.29, 1.82) is 0 Å². The Morgan fingerprint density at radius 2 is 2.17 bits per heavy atom. The molecule has 1 aromatic rings. The monoisotopic (exact) mass is 316 g/mol. The molecule has 0 spiro atoms. The number of halogens is 2. The second-order valence-electron chi connectivity index (χ2n) is 5.67. The molecule has 1 N–H and O–H groups in total. The largest absolute Gasteiger partial charge is 0.389 e. The summed E-state index contributed by atoms with van der Waals surface area (Å²) in [5.74, 6) is -0.276. The van der Waals surface area contributed by atoms with Gasteiger partial charge in [-0.15, -0.1) is 0 Å². The van der Waals surface area contributed by atoms with Crippen LogP contribution >= 0.6 is 15.9 Å². The van der Waals surface area contributed by atoms with Crippen LogP contribution in [0.4, 0.5) is 4.39 Å². The quantitative estimate of drug-likeness (QED) is 0.905. The van der Waals surface area contributed by atoms with Crippen molar-refractivity contribution in [1.82, 2.24) is 0 Å². The number of hydrogen-bond donors (Lipinski definition) is 1. The van der Waals surface area contributed by atoms with E-state index in [2.05, 4.69) is 15.9 Å². The van der Waals surface area contributed by atoms with Crippen molar-refractivity contribution in [2.75, 3.05) is 6.61 Å². The Hall–Kier alpha value is -0.450. The third-order valence-corrected chi connectivity index (χ3v) is 3.84. The molecule has 4 heteroatoms. The molecule has 100 valence electrons. The molecule has 0 aliphatic carbocycles. The van der Waals surface area contributed by atoms with E-state index < -0.39 is 5.60 Å². The highest BCUT2D eigenvalue weighted by Gasteiger charge is 2.39. The fraction of sp³-hybridized carbons (Fsp3) is 0.571. The predicted molar refractivity (Wildman–Crippen MR) is 72.0 cm³/mol. The number of hydrogen-bond acceptors (Lipinski definition) is 2. The predicted octanol–water partition coefficient (Wildman–Crippen LogP) is 3.45. The molecule has 1 atom stereocenters. The average molecular weight is 317 g/mol. The maximum atomic E-state index is 13.8. The zero-order valence-corrected chi connectivity index (χ0v) is 12.3. The average Bonchev–Trinajstić information content (AvgIpc) is 2.20.